The molecular formula is C24H25Cl2FN4O2S. The molecule has 10 heteroatoms. The average Bonchev–Trinajstić information content (AvgIpc) is 3.29. The number of hydrogen-bond acceptors (Lipinski definition) is 6. The van der Waals surface area contributed by atoms with E-state index in [1.165, 1.54) is 6.07 Å². The molecule has 4 rings (SSSR count). The number of halogens is 3. The molecule has 1 amide bonds. The van der Waals surface area contributed by atoms with E-state index >= 15 is 0 Å². The Morgan fingerprint density at radius 3 is 2.68 bits per heavy atom. The summed E-state index contributed by atoms with van der Waals surface area (Å²) in [6, 6.07) is 12.1. The summed E-state index contributed by atoms with van der Waals surface area (Å²) in [5.74, 6) is 1.95. The lowest BCUT2D eigenvalue weighted by Gasteiger charge is -2.30. The van der Waals surface area contributed by atoms with E-state index in [-0.39, 0.29) is 17.6 Å². The summed E-state index contributed by atoms with van der Waals surface area (Å²) in [7, 11) is 0. The maximum absolute atomic E-state index is 13.8. The van der Waals surface area contributed by atoms with Crippen molar-refractivity contribution in [2.75, 3.05) is 25.4 Å². The first kappa shape index (κ1) is 25.0. The van der Waals surface area contributed by atoms with E-state index in [9.17, 15) is 9.18 Å². The first-order valence-corrected chi connectivity index (χ1v) is 13.0. The predicted molar refractivity (Wildman–Crippen MR) is 133 cm³/mol. The number of nitrogens with zero attached hydrogens (tertiary/aromatic N) is 3. The molecule has 1 aliphatic rings. The maximum atomic E-state index is 13.8. The van der Waals surface area contributed by atoms with E-state index in [0.717, 1.165) is 31.5 Å². The summed E-state index contributed by atoms with van der Waals surface area (Å²) in [5.41, 5.74) is 1.25. The summed E-state index contributed by atoms with van der Waals surface area (Å²) in [5, 5.41) is 8.06. The number of hydrogen-bond donors (Lipinski definition) is 1. The Bertz CT molecular complexity index is 1100. The zero-order chi connectivity index (χ0) is 23.9. The first-order chi connectivity index (χ1) is 16.5. The van der Waals surface area contributed by atoms with Crippen LogP contribution in [0.25, 0.3) is 11.4 Å². The molecule has 3 aromatic rings. The van der Waals surface area contributed by atoms with Crippen LogP contribution in [0.1, 0.15) is 24.3 Å². The van der Waals surface area contributed by atoms with Crippen molar-refractivity contribution in [1.29, 1.82) is 0 Å². The number of carbonyl (C=O) groups excluding carboxylic acids is 1. The van der Waals surface area contributed by atoms with Gasteiger partial charge in [-0.2, -0.15) is 16.7 Å². The predicted octanol–water partition coefficient (Wildman–Crippen LogP) is 5.44. The van der Waals surface area contributed by atoms with Crippen molar-refractivity contribution in [1.82, 2.24) is 20.4 Å². The van der Waals surface area contributed by atoms with E-state index in [1.807, 2.05) is 18.2 Å². The van der Waals surface area contributed by atoms with Crippen LogP contribution in [0.2, 0.25) is 10.0 Å². The molecule has 0 unspecified atom stereocenters. The topological polar surface area (TPSA) is 71.3 Å². The summed E-state index contributed by atoms with van der Waals surface area (Å²) >= 11 is 13.8. The van der Waals surface area contributed by atoms with Crippen molar-refractivity contribution in [2.45, 2.75) is 25.1 Å². The standard InChI is InChI=1S/C24H25Cl2FN4O2S/c25-19-5-2-1-4-17(19)23-29-22(33-30-23)14-31-11-8-16(9-12-31)24(32)28-10-13-34-15-18-20(26)6-3-7-21(18)27/h1-7,16H,8-15H2,(H,28,32). The van der Waals surface area contributed by atoms with Crippen LogP contribution in [-0.4, -0.2) is 46.3 Å². The fourth-order valence-electron chi connectivity index (χ4n) is 3.85. The third kappa shape index (κ3) is 6.50. The maximum Gasteiger partial charge on any atom is 0.241 e. The van der Waals surface area contributed by atoms with Gasteiger partial charge < -0.3 is 9.84 Å². The second-order valence-corrected chi connectivity index (χ2v) is 10.0. The molecule has 0 atom stereocenters. The van der Waals surface area contributed by atoms with Crippen LogP contribution >= 0.6 is 35.0 Å². The summed E-state index contributed by atoms with van der Waals surface area (Å²) in [4.78, 5) is 19.2. The van der Waals surface area contributed by atoms with Gasteiger partial charge in [0.25, 0.3) is 0 Å². The molecule has 6 nitrogen and oxygen atoms in total. The number of benzene rings is 2. The largest absolute Gasteiger partial charge is 0.355 e. The molecule has 1 N–H and O–H groups in total. The van der Waals surface area contributed by atoms with Crippen LogP contribution in [0.15, 0.2) is 47.0 Å². The number of amides is 1. The Kier molecular flexibility index (Phi) is 8.83. The van der Waals surface area contributed by atoms with Crippen molar-refractivity contribution in [2.24, 2.45) is 5.92 Å². The van der Waals surface area contributed by atoms with Gasteiger partial charge in [-0.3, -0.25) is 9.69 Å². The van der Waals surface area contributed by atoms with Gasteiger partial charge in [0.2, 0.25) is 17.6 Å². The van der Waals surface area contributed by atoms with Gasteiger partial charge in [-0.05, 0) is 50.2 Å². The monoisotopic (exact) mass is 522 g/mol. The van der Waals surface area contributed by atoms with Gasteiger partial charge in [0.05, 0.1) is 11.6 Å². The van der Waals surface area contributed by atoms with Gasteiger partial charge in [0.1, 0.15) is 5.82 Å². The third-order valence-corrected chi connectivity index (χ3v) is 7.42. The molecule has 2 aromatic carbocycles. The molecule has 0 spiro atoms. The molecule has 0 bridgehead atoms. The van der Waals surface area contributed by atoms with Crippen LogP contribution in [0, 0.1) is 11.7 Å². The number of rotatable bonds is 9. The Labute approximate surface area is 212 Å². The average molecular weight is 523 g/mol. The smallest absolute Gasteiger partial charge is 0.241 e. The highest BCUT2D eigenvalue weighted by molar-refractivity contribution is 7.98. The fourth-order valence-corrected chi connectivity index (χ4v) is 5.27. The minimum absolute atomic E-state index is 0.0105. The molecule has 1 fully saturated rings. The Hall–Kier alpha value is -2.13. The van der Waals surface area contributed by atoms with Gasteiger partial charge in [-0.1, -0.05) is 46.6 Å². The normalized spacial score (nSPS) is 14.9. The number of likely N-dealkylation sites (tertiary alicyclic amines) is 1. The highest BCUT2D eigenvalue weighted by atomic mass is 35.5. The minimum Gasteiger partial charge on any atom is -0.355 e. The molecule has 0 saturated carbocycles. The second-order valence-electron chi connectivity index (χ2n) is 8.09. The van der Waals surface area contributed by atoms with Crippen molar-refractivity contribution < 1.29 is 13.7 Å². The first-order valence-electron chi connectivity index (χ1n) is 11.1. The van der Waals surface area contributed by atoms with Crippen molar-refractivity contribution in [3.05, 3.63) is 69.8 Å². The lowest BCUT2D eigenvalue weighted by molar-refractivity contribution is -0.126. The molecule has 1 aliphatic heterocycles. The highest BCUT2D eigenvalue weighted by Gasteiger charge is 2.26. The van der Waals surface area contributed by atoms with Crippen molar-refractivity contribution in [3.63, 3.8) is 0 Å². The molecule has 1 aromatic heterocycles. The van der Waals surface area contributed by atoms with Crippen molar-refractivity contribution in [3.8, 4) is 11.4 Å². The highest BCUT2D eigenvalue weighted by Crippen LogP contribution is 2.26. The van der Waals surface area contributed by atoms with Crippen LogP contribution < -0.4 is 5.32 Å². The van der Waals surface area contributed by atoms with E-state index in [2.05, 4.69) is 20.4 Å². The molecule has 180 valence electrons. The van der Waals surface area contributed by atoms with Crippen LogP contribution in [0.3, 0.4) is 0 Å². The van der Waals surface area contributed by atoms with Gasteiger partial charge in [-0.25, -0.2) is 4.39 Å². The summed E-state index contributed by atoms with van der Waals surface area (Å²) in [6.07, 6.45) is 1.55. The molecule has 34 heavy (non-hydrogen) atoms. The number of aromatic nitrogens is 2. The van der Waals surface area contributed by atoms with E-state index in [4.69, 9.17) is 27.7 Å². The number of piperidine rings is 1. The van der Waals surface area contributed by atoms with Crippen molar-refractivity contribution >= 4 is 40.9 Å². The number of carbonyl (C=O) groups is 1. The fraction of sp³-hybridized carbons (Fsp3) is 0.375. The zero-order valence-electron chi connectivity index (χ0n) is 18.5. The van der Waals surface area contributed by atoms with Gasteiger partial charge in [-0.15, -0.1) is 0 Å². The van der Waals surface area contributed by atoms with Crippen LogP contribution in [-0.2, 0) is 17.1 Å². The van der Waals surface area contributed by atoms with E-state index < -0.39 is 0 Å². The lowest BCUT2D eigenvalue weighted by Crippen LogP contribution is -2.40. The van der Waals surface area contributed by atoms with E-state index in [1.54, 1.807) is 30.0 Å². The summed E-state index contributed by atoms with van der Waals surface area (Å²) < 4.78 is 19.2. The SMILES string of the molecule is O=C(NCCSCc1c(F)cccc1Cl)C1CCN(Cc2nc(-c3ccccc3Cl)no2)CC1. The zero-order valence-corrected chi connectivity index (χ0v) is 20.8. The Morgan fingerprint density at radius 2 is 1.91 bits per heavy atom. The van der Waals surface area contributed by atoms with Crippen LogP contribution in [0.4, 0.5) is 4.39 Å². The number of nitrogens with one attached hydrogen (secondary N) is 1. The minimum atomic E-state index is -0.295. The second kappa shape index (κ2) is 12.0. The molecule has 0 radical (unpaired) electrons. The molecule has 1 saturated heterocycles. The lowest BCUT2D eigenvalue weighted by atomic mass is 9.96. The number of thioether (sulfide) groups is 1. The van der Waals surface area contributed by atoms with Crippen LogP contribution in [0.5, 0.6) is 0 Å². The summed E-state index contributed by atoms with van der Waals surface area (Å²) in [6.45, 7) is 2.65. The third-order valence-electron chi connectivity index (χ3n) is 5.75. The van der Waals surface area contributed by atoms with Gasteiger partial charge in [0.15, 0.2) is 0 Å². The molecule has 0 aliphatic carbocycles. The quantitative estimate of drug-likeness (QED) is 0.377. The Balaban J connectivity index is 1.16. The molecule has 2 heterocycles. The molecular weight excluding hydrogens is 498 g/mol. The van der Waals surface area contributed by atoms with Gasteiger partial charge >= 0.3 is 0 Å². The van der Waals surface area contributed by atoms with E-state index in [0.29, 0.717) is 51.9 Å². The Morgan fingerprint density at radius 1 is 1.15 bits per heavy atom. The van der Waals surface area contributed by atoms with Gasteiger partial charge in [0, 0.05) is 40.1 Å².